The van der Waals surface area contributed by atoms with Crippen LogP contribution in [-0.2, 0) is 4.79 Å². The molecule has 1 unspecified atom stereocenters. The van der Waals surface area contributed by atoms with Crippen LogP contribution in [0.5, 0.6) is 11.5 Å². The number of hydrogen-bond donors (Lipinski definition) is 0. The number of methoxy groups -OCH3 is 2. The Morgan fingerprint density at radius 1 is 1.03 bits per heavy atom. The zero-order valence-electron chi connectivity index (χ0n) is 21.0. The van der Waals surface area contributed by atoms with Gasteiger partial charge in [-0.3, -0.25) is 9.48 Å². The number of hydrogen-bond acceptors (Lipinski definition) is 7. The molecule has 0 bridgehead atoms. The molecule has 1 saturated carbocycles. The molecule has 5 rings (SSSR count). The Labute approximate surface area is 206 Å². The van der Waals surface area contributed by atoms with E-state index in [2.05, 4.69) is 15.8 Å². The topological polar surface area (TPSA) is 85.6 Å². The molecule has 3 heterocycles. The van der Waals surface area contributed by atoms with Gasteiger partial charge in [0.05, 0.1) is 43.6 Å². The molecule has 1 saturated heterocycles. The fraction of sp³-hybridized carbons (Fsp3) is 0.538. The van der Waals surface area contributed by atoms with Gasteiger partial charge in [0.25, 0.3) is 0 Å². The predicted molar refractivity (Wildman–Crippen MR) is 135 cm³/mol. The van der Waals surface area contributed by atoms with E-state index in [9.17, 15) is 4.79 Å². The number of carbonyl (C=O) groups excluding carboxylic acids is 1. The maximum atomic E-state index is 12.5. The van der Waals surface area contributed by atoms with Crippen molar-refractivity contribution in [2.24, 2.45) is 5.92 Å². The first-order valence-corrected chi connectivity index (χ1v) is 12.4. The van der Waals surface area contributed by atoms with Gasteiger partial charge in [0.2, 0.25) is 11.9 Å². The highest BCUT2D eigenvalue weighted by Gasteiger charge is 2.31. The lowest BCUT2D eigenvalue weighted by molar-refractivity contribution is -0.132. The molecular weight excluding hydrogens is 444 g/mol. The van der Waals surface area contributed by atoms with E-state index in [4.69, 9.17) is 24.5 Å². The van der Waals surface area contributed by atoms with Crippen LogP contribution in [0.25, 0.3) is 22.2 Å². The third-order valence-electron chi connectivity index (χ3n) is 7.27. The van der Waals surface area contributed by atoms with Gasteiger partial charge in [0.15, 0.2) is 11.5 Å². The molecule has 9 nitrogen and oxygen atoms in total. The summed E-state index contributed by atoms with van der Waals surface area (Å²) < 4.78 is 13.2. The molecule has 1 aliphatic carbocycles. The lowest BCUT2D eigenvalue weighted by Gasteiger charge is -2.21. The number of carbonyl (C=O) groups is 1. The fourth-order valence-electron chi connectivity index (χ4n) is 5.32. The number of aromatic nitrogens is 4. The minimum atomic E-state index is -0.0489. The molecule has 1 atom stereocenters. The largest absolute Gasteiger partial charge is 0.493 e. The predicted octanol–water partition coefficient (Wildman–Crippen LogP) is 3.93. The Morgan fingerprint density at radius 3 is 2.49 bits per heavy atom. The van der Waals surface area contributed by atoms with Crippen molar-refractivity contribution in [1.82, 2.24) is 24.6 Å². The van der Waals surface area contributed by atoms with E-state index in [-0.39, 0.29) is 11.8 Å². The third kappa shape index (κ3) is 4.51. The number of anilines is 1. The summed E-state index contributed by atoms with van der Waals surface area (Å²) in [6.45, 7) is 1.35. The average molecular weight is 479 g/mol. The van der Waals surface area contributed by atoms with Crippen molar-refractivity contribution in [3.63, 3.8) is 0 Å². The minimum absolute atomic E-state index is 0.0489. The van der Waals surface area contributed by atoms with Gasteiger partial charge in [-0.25, -0.2) is 9.97 Å². The molecule has 9 heteroatoms. The van der Waals surface area contributed by atoms with E-state index in [0.717, 1.165) is 48.0 Å². The molecule has 35 heavy (non-hydrogen) atoms. The van der Waals surface area contributed by atoms with Gasteiger partial charge in [-0.05, 0) is 25.3 Å². The van der Waals surface area contributed by atoms with E-state index in [1.54, 1.807) is 33.2 Å². The van der Waals surface area contributed by atoms with Gasteiger partial charge in [-0.1, -0.05) is 19.3 Å². The van der Waals surface area contributed by atoms with Crippen LogP contribution < -0.4 is 14.4 Å². The lowest BCUT2D eigenvalue weighted by atomic mass is 9.96. The summed E-state index contributed by atoms with van der Waals surface area (Å²) in [6, 6.07) is 4.27. The average Bonchev–Trinajstić information content (AvgIpc) is 3.58. The molecule has 0 spiro atoms. The van der Waals surface area contributed by atoms with Crippen molar-refractivity contribution < 1.29 is 14.3 Å². The second kappa shape index (κ2) is 9.71. The van der Waals surface area contributed by atoms with Crippen molar-refractivity contribution >= 4 is 22.8 Å². The van der Waals surface area contributed by atoms with Gasteiger partial charge in [0, 0.05) is 50.4 Å². The van der Waals surface area contributed by atoms with Crippen LogP contribution in [0.1, 0.15) is 44.6 Å². The summed E-state index contributed by atoms with van der Waals surface area (Å²) in [5.41, 5.74) is 2.54. The van der Waals surface area contributed by atoms with Crippen molar-refractivity contribution in [3.8, 4) is 22.8 Å². The standard InChI is InChI=1S/C26H34N6O3/c1-30(2)25(33)17-10-11-31(15-17)26-28-21-13-23(35-4)22(34-3)12-20(21)24(29-26)18-14-27-32(16-18)19-8-6-5-7-9-19/h12-14,16-17,19H,5-11,15H2,1-4H3. The number of amides is 1. The van der Waals surface area contributed by atoms with Crippen molar-refractivity contribution in [3.05, 3.63) is 24.5 Å². The zero-order chi connectivity index (χ0) is 24.5. The van der Waals surface area contributed by atoms with Crippen LogP contribution in [0.4, 0.5) is 5.95 Å². The highest BCUT2D eigenvalue weighted by molar-refractivity contribution is 5.95. The van der Waals surface area contributed by atoms with Gasteiger partial charge in [0.1, 0.15) is 0 Å². The molecule has 2 aromatic heterocycles. The maximum absolute atomic E-state index is 12.5. The van der Waals surface area contributed by atoms with Gasteiger partial charge < -0.3 is 19.3 Å². The monoisotopic (exact) mass is 478 g/mol. The Balaban J connectivity index is 1.57. The first kappa shape index (κ1) is 23.4. The van der Waals surface area contributed by atoms with E-state index >= 15 is 0 Å². The van der Waals surface area contributed by atoms with Crippen LogP contribution in [0, 0.1) is 5.92 Å². The van der Waals surface area contributed by atoms with E-state index in [0.29, 0.717) is 30.0 Å². The van der Waals surface area contributed by atoms with E-state index < -0.39 is 0 Å². The van der Waals surface area contributed by atoms with Crippen molar-refractivity contribution in [2.45, 2.75) is 44.6 Å². The van der Waals surface area contributed by atoms with Crippen LogP contribution in [0.3, 0.4) is 0 Å². The van der Waals surface area contributed by atoms with Crippen LogP contribution in [0.15, 0.2) is 24.5 Å². The quantitative estimate of drug-likeness (QED) is 0.531. The van der Waals surface area contributed by atoms with E-state index in [1.165, 1.54) is 19.3 Å². The molecular formula is C26H34N6O3. The minimum Gasteiger partial charge on any atom is -0.493 e. The number of nitrogens with zero attached hydrogens (tertiary/aromatic N) is 6. The van der Waals surface area contributed by atoms with Crippen LogP contribution >= 0.6 is 0 Å². The van der Waals surface area contributed by atoms with Crippen molar-refractivity contribution in [1.29, 1.82) is 0 Å². The lowest BCUT2D eigenvalue weighted by Crippen LogP contribution is -2.32. The summed E-state index contributed by atoms with van der Waals surface area (Å²) in [5, 5.41) is 5.60. The molecule has 0 N–H and O–H groups in total. The summed E-state index contributed by atoms with van der Waals surface area (Å²) in [7, 11) is 6.86. The first-order valence-electron chi connectivity index (χ1n) is 12.4. The molecule has 186 valence electrons. The van der Waals surface area contributed by atoms with Crippen LogP contribution in [0.2, 0.25) is 0 Å². The smallest absolute Gasteiger partial charge is 0.227 e. The molecule has 1 aromatic carbocycles. The SMILES string of the molecule is COc1cc2nc(N3CCC(C(=O)N(C)C)C3)nc(-c3cnn(C4CCCCC4)c3)c2cc1OC. The Bertz CT molecular complexity index is 1220. The zero-order valence-corrected chi connectivity index (χ0v) is 21.0. The molecule has 0 radical (unpaired) electrons. The highest BCUT2D eigenvalue weighted by Crippen LogP contribution is 2.38. The number of fused-ring (bicyclic) bond motifs is 1. The molecule has 2 aliphatic rings. The fourth-order valence-corrected chi connectivity index (χ4v) is 5.32. The maximum Gasteiger partial charge on any atom is 0.227 e. The summed E-state index contributed by atoms with van der Waals surface area (Å²) >= 11 is 0. The normalized spacial score (nSPS) is 18.7. The molecule has 1 aliphatic heterocycles. The second-order valence-electron chi connectivity index (χ2n) is 9.76. The number of ether oxygens (including phenoxy) is 2. The summed E-state index contributed by atoms with van der Waals surface area (Å²) in [4.78, 5) is 26.2. The van der Waals surface area contributed by atoms with Gasteiger partial charge >= 0.3 is 0 Å². The first-order chi connectivity index (χ1) is 17.0. The Morgan fingerprint density at radius 2 is 1.77 bits per heavy atom. The van der Waals surface area contributed by atoms with Crippen LogP contribution in [-0.4, -0.2) is 72.0 Å². The summed E-state index contributed by atoms with van der Waals surface area (Å²) in [6.07, 6.45) is 10.9. The summed E-state index contributed by atoms with van der Waals surface area (Å²) in [5.74, 6) is 1.98. The second-order valence-corrected chi connectivity index (χ2v) is 9.76. The Kier molecular flexibility index (Phi) is 6.49. The molecule has 1 amide bonds. The van der Waals surface area contributed by atoms with Gasteiger partial charge in [-0.15, -0.1) is 0 Å². The Hall–Kier alpha value is -3.36. The number of rotatable bonds is 6. The van der Waals surface area contributed by atoms with Crippen molar-refractivity contribution in [2.75, 3.05) is 46.3 Å². The molecule has 2 fully saturated rings. The van der Waals surface area contributed by atoms with Gasteiger partial charge in [-0.2, -0.15) is 5.10 Å². The highest BCUT2D eigenvalue weighted by atomic mass is 16.5. The number of benzene rings is 1. The molecule has 3 aromatic rings. The third-order valence-corrected chi connectivity index (χ3v) is 7.27. The van der Waals surface area contributed by atoms with E-state index in [1.807, 2.05) is 18.3 Å².